The Hall–Kier alpha value is -1.40. The predicted molar refractivity (Wildman–Crippen MR) is 70.2 cm³/mol. The van der Waals surface area contributed by atoms with E-state index in [-0.39, 0.29) is 34.4 Å². The molecule has 0 unspecified atom stereocenters. The van der Waals surface area contributed by atoms with Crippen molar-refractivity contribution >= 4 is 35.0 Å². The number of hydrogen-bond acceptors (Lipinski definition) is 4. The van der Waals surface area contributed by atoms with Crippen LogP contribution in [0.3, 0.4) is 0 Å². The Morgan fingerprint density at radius 3 is 2.74 bits per heavy atom. The Morgan fingerprint density at radius 1 is 1.42 bits per heavy atom. The Kier molecular flexibility index (Phi) is 4.21. The number of hydrogen-bond donors (Lipinski definition) is 1. The molecule has 6 nitrogen and oxygen atoms in total. The molecule has 1 heterocycles. The molecule has 0 atom stereocenters. The Balaban J connectivity index is 2.01. The van der Waals surface area contributed by atoms with Crippen molar-refractivity contribution in [2.45, 2.75) is 18.9 Å². The number of amides is 2. The van der Waals surface area contributed by atoms with Crippen molar-refractivity contribution < 1.29 is 9.59 Å². The third-order valence-corrected chi connectivity index (χ3v) is 3.08. The highest BCUT2D eigenvalue weighted by atomic mass is 35.5. The van der Waals surface area contributed by atoms with Crippen LogP contribution in [0.15, 0.2) is 6.07 Å². The van der Waals surface area contributed by atoms with Crippen LogP contribution < -0.4 is 5.32 Å². The summed E-state index contributed by atoms with van der Waals surface area (Å²) in [6, 6.07) is 1.59. The first-order chi connectivity index (χ1) is 8.97. The largest absolute Gasteiger partial charge is 0.352 e. The van der Waals surface area contributed by atoms with Gasteiger partial charge in [-0.2, -0.15) is 0 Å². The first-order valence-corrected chi connectivity index (χ1v) is 6.46. The molecular formula is C11H12Cl2N4O2. The summed E-state index contributed by atoms with van der Waals surface area (Å²) in [5.41, 5.74) is 0.128. The van der Waals surface area contributed by atoms with Crippen LogP contribution in [0.25, 0.3) is 0 Å². The van der Waals surface area contributed by atoms with Crippen molar-refractivity contribution in [1.29, 1.82) is 0 Å². The molecule has 1 N–H and O–H groups in total. The van der Waals surface area contributed by atoms with Gasteiger partial charge in [0.15, 0.2) is 10.3 Å². The van der Waals surface area contributed by atoms with Crippen LogP contribution in [0.5, 0.6) is 0 Å². The number of halogens is 2. The van der Waals surface area contributed by atoms with Crippen LogP contribution in [0, 0.1) is 0 Å². The third-order valence-electron chi connectivity index (χ3n) is 2.62. The first kappa shape index (κ1) is 14.0. The molecule has 2 amide bonds. The highest BCUT2D eigenvalue weighted by Crippen LogP contribution is 2.19. The number of carbonyl (C=O) groups excluding carboxylic acids is 2. The van der Waals surface area contributed by atoms with Gasteiger partial charge in [0, 0.05) is 13.1 Å². The molecule has 1 aromatic rings. The van der Waals surface area contributed by atoms with E-state index in [1.807, 2.05) is 0 Å². The van der Waals surface area contributed by atoms with Gasteiger partial charge in [0.05, 0.1) is 12.1 Å². The number of nitrogens with zero attached hydrogens (tertiary/aromatic N) is 3. The maximum atomic E-state index is 12.1. The molecule has 19 heavy (non-hydrogen) atoms. The van der Waals surface area contributed by atoms with Crippen LogP contribution in [0.2, 0.25) is 10.3 Å². The third kappa shape index (κ3) is 3.78. The van der Waals surface area contributed by atoms with Crippen molar-refractivity contribution in [2.75, 3.05) is 13.6 Å². The molecule has 1 aliphatic carbocycles. The van der Waals surface area contributed by atoms with Gasteiger partial charge >= 0.3 is 0 Å². The SMILES string of the molecule is CN(CC(=O)NC1CC1)C(=O)c1cc(Cl)nnc1Cl. The van der Waals surface area contributed by atoms with Gasteiger partial charge in [-0.05, 0) is 18.9 Å². The minimum atomic E-state index is -0.423. The fraction of sp³-hybridized carbons (Fsp3) is 0.455. The molecule has 0 bridgehead atoms. The van der Waals surface area contributed by atoms with Gasteiger partial charge in [0.2, 0.25) is 5.91 Å². The molecule has 102 valence electrons. The van der Waals surface area contributed by atoms with E-state index in [9.17, 15) is 9.59 Å². The molecule has 8 heteroatoms. The molecule has 2 rings (SSSR count). The molecule has 0 radical (unpaired) electrons. The van der Waals surface area contributed by atoms with Crippen molar-refractivity contribution in [3.63, 3.8) is 0 Å². The van der Waals surface area contributed by atoms with Crippen LogP contribution in [0.1, 0.15) is 23.2 Å². The molecule has 0 aliphatic heterocycles. The maximum Gasteiger partial charge on any atom is 0.257 e. The van der Waals surface area contributed by atoms with Crippen LogP contribution in [0.4, 0.5) is 0 Å². The summed E-state index contributed by atoms with van der Waals surface area (Å²) in [6.45, 7) is -0.0361. The molecule has 0 saturated heterocycles. The van der Waals surface area contributed by atoms with E-state index in [0.717, 1.165) is 12.8 Å². The molecule has 1 aromatic heterocycles. The monoisotopic (exact) mass is 302 g/mol. The van der Waals surface area contributed by atoms with Gasteiger partial charge in [-0.3, -0.25) is 9.59 Å². The lowest BCUT2D eigenvalue weighted by atomic mass is 10.2. The lowest BCUT2D eigenvalue weighted by Crippen LogP contribution is -2.39. The van der Waals surface area contributed by atoms with Gasteiger partial charge < -0.3 is 10.2 Å². The zero-order valence-corrected chi connectivity index (χ0v) is 11.7. The van der Waals surface area contributed by atoms with Crippen molar-refractivity contribution in [1.82, 2.24) is 20.4 Å². The second-order valence-corrected chi connectivity index (χ2v) is 5.12. The first-order valence-electron chi connectivity index (χ1n) is 5.71. The second kappa shape index (κ2) is 5.71. The predicted octanol–water partition coefficient (Wildman–Crippen LogP) is 1.13. The van der Waals surface area contributed by atoms with Crippen LogP contribution >= 0.6 is 23.2 Å². The number of carbonyl (C=O) groups is 2. The van der Waals surface area contributed by atoms with E-state index in [1.165, 1.54) is 18.0 Å². The van der Waals surface area contributed by atoms with E-state index < -0.39 is 5.91 Å². The van der Waals surface area contributed by atoms with Crippen LogP contribution in [-0.2, 0) is 4.79 Å². The zero-order chi connectivity index (χ0) is 14.0. The van der Waals surface area contributed by atoms with Gasteiger partial charge in [-0.15, -0.1) is 10.2 Å². The minimum absolute atomic E-state index is 0.0361. The van der Waals surface area contributed by atoms with Gasteiger partial charge in [-0.1, -0.05) is 23.2 Å². The van der Waals surface area contributed by atoms with E-state index in [1.54, 1.807) is 0 Å². The average Bonchev–Trinajstić information content (AvgIpc) is 3.15. The molecular weight excluding hydrogens is 291 g/mol. The zero-order valence-electron chi connectivity index (χ0n) is 10.2. The van der Waals surface area contributed by atoms with Gasteiger partial charge in [-0.25, -0.2) is 0 Å². The van der Waals surface area contributed by atoms with E-state index >= 15 is 0 Å². The topological polar surface area (TPSA) is 75.2 Å². The Bertz CT molecular complexity index is 519. The molecule has 1 fully saturated rings. The van der Waals surface area contributed by atoms with Crippen molar-refractivity contribution in [3.8, 4) is 0 Å². The Morgan fingerprint density at radius 2 is 2.11 bits per heavy atom. The van der Waals surface area contributed by atoms with Crippen LogP contribution in [-0.4, -0.2) is 46.5 Å². The van der Waals surface area contributed by atoms with Crippen molar-refractivity contribution in [3.05, 3.63) is 21.9 Å². The summed E-state index contributed by atoms with van der Waals surface area (Å²) < 4.78 is 0. The Labute approximate surface area is 120 Å². The molecule has 1 aliphatic rings. The van der Waals surface area contributed by atoms with Crippen molar-refractivity contribution in [2.24, 2.45) is 0 Å². The minimum Gasteiger partial charge on any atom is -0.352 e. The molecule has 1 saturated carbocycles. The molecule has 0 aromatic carbocycles. The fourth-order valence-corrected chi connectivity index (χ4v) is 1.82. The van der Waals surface area contributed by atoms with Gasteiger partial charge in [0.1, 0.15) is 0 Å². The summed E-state index contributed by atoms with van der Waals surface area (Å²) in [5, 5.41) is 9.91. The highest BCUT2D eigenvalue weighted by Gasteiger charge is 2.25. The molecule has 0 spiro atoms. The number of rotatable bonds is 4. The fourth-order valence-electron chi connectivity index (χ4n) is 1.50. The normalized spacial score (nSPS) is 14.1. The van der Waals surface area contributed by atoms with E-state index in [2.05, 4.69) is 15.5 Å². The standard InChI is InChI=1S/C11H12Cl2N4O2/c1-17(5-9(18)14-6-2-3-6)11(19)7-4-8(12)15-16-10(7)13/h4,6H,2-3,5H2,1H3,(H,14,18). The summed E-state index contributed by atoms with van der Waals surface area (Å²) >= 11 is 11.5. The summed E-state index contributed by atoms with van der Waals surface area (Å²) in [6.07, 6.45) is 2.00. The van der Waals surface area contributed by atoms with E-state index in [4.69, 9.17) is 23.2 Å². The summed E-state index contributed by atoms with van der Waals surface area (Å²) in [5.74, 6) is -0.615. The summed E-state index contributed by atoms with van der Waals surface area (Å²) in [4.78, 5) is 25.0. The smallest absolute Gasteiger partial charge is 0.257 e. The summed E-state index contributed by atoms with van der Waals surface area (Å²) in [7, 11) is 1.51. The maximum absolute atomic E-state index is 12.1. The number of likely N-dealkylation sites (N-methyl/N-ethyl adjacent to an activating group) is 1. The average molecular weight is 303 g/mol. The number of nitrogens with one attached hydrogen (secondary N) is 1. The van der Waals surface area contributed by atoms with E-state index in [0.29, 0.717) is 0 Å². The highest BCUT2D eigenvalue weighted by molar-refractivity contribution is 6.34. The second-order valence-electron chi connectivity index (χ2n) is 4.37. The lowest BCUT2D eigenvalue weighted by molar-refractivity contribution is -0.121. The quantitative estimate of drug-likeness (QED) is 0.905. The number of aromatic nitrogens is 2. The lowest BCUT2D eigenvalue weighted by Gasteiger charge is -2.17. The van der Waals surface area contributed by atoms with Gasteiger partial charge in [0.25, 0.3) is 5.91 Å².